The smallest absolute Gasteiger partial charge is 0.337 e. The molecule has 0 unspecified atom stereocenters. The number of halogens is 1. The van der Waals surface area contributed by atoms with Crippen molar-refractivity contribution in [3.63, 3.8) is 0 Å². The molecule has 21 heavy (non-hydrogen) atoms. The van der Waals surface area contributed by atoms with Crippen LogP contribution in [0.2, 0.25) is 5.02 Å². The molecule has 0 saturated carbocycles. The number of carbonyl (C=O) groups is 1. The zero-order chi connectivity index (χ0) is 15.0. The molecule has 0 aliphatic rings. The number of rotatable bonds is 2. The Bertz CT molecular complexity index is 861. The van der Waals surface area contributed by atoms with Crippen molar-refractivity contribution in [1.82, 2.24) is 4.98 Å². The van der Waals surface area contributed by atoms with Gasteiger partial charge in [-0.1, -0.05) is 23.7 Å². The maximum absolute atomic E-state index is 11.0. The highest BCUT2D eigenvalue weighted by molar-refractivity contribution is 6.33. The normalized spacial score (nSPS) is 10.7. The number of pyridine rings is 1. The van der Waals surface area contributed by atoms with Gasteiger partial charge in [0.25, 0.3) is 0 Å². The van der Waals surface area contributed by atoms with E-state index in [4.69, 9.17) is 16.7 Å². The van der Waals surface area contributed by atoms with Crippen LogP contribution in [0.5, 0.6) is 5.75 Å². The molecule has 0 atom stereocenters. The van der Waals surface area contributed by atoms with Gasteiger partial charge in [0.05, 0.1) is 21.8 Å². The average Bonchev–Trinajstić information content (AvgIpc) is 2.46. The van der Waals surface area contributed by atoms with E-state index < -0.39 is 5.97 Å². The number of phenolic OH excluding ortho intramolecular Hbond substituents is 1. The van der Waals surface area contributed by atoms with E-state index in [-0.39, 0.29) is 16.3 Å². The topological polar surface area (TPSA) is 70.4 Å². The molecule has 5 heteroatoms. The molecule has 1 aromatic heterocycles. The summed E-state index contributed by atoms with van der Waals surface area (Å²) < 4.78 is 0. The Hall–Kier alpha value is -2.59. The van der Waals surface area contributed by atoms with E-state index in [1.165, 1.54) is 6.07 Å². The Labute approximate surface area is 125 Å². The van der Waals surface area contributed by atoms with Crippen LogP contribution in [0, 0.1) is 0 Å². The molecule has 0 amide bonds. The molecule has 0 aliphatic heterocycles. The summed E-state index contributed by atoms with van der Waals surface area (Å²) in [6, 6.07) is 13.3. The first-order valence-electron chi connectivity index (χ1n) is 6.17. The maximum Gasteiger partial charge on any atom is 0.337 e. The largest absolute Gasteiger partial charge is 0.508 e. The van der Waals surface area contributed by atoms with Crippen molar-refractivity contribution in [3.05, 3.63) is 59.1 Å². The Kier molecular flexibility index (Phi) is 3.23. The lowest BCUT2D eigenvalue weighted by Crippen LogP contribution is -1.97. The molecule has 104 valence electrons. The number of fused-ring (bicyclic) bond motifs is 1. The van der Waals surface area contributed by atoms with Crippen molar-refractivity contribution in [2.24, 2.45) is 0 Å². The van der Waals surface area contributed by atoms with Gasteiger partial charge >= 0.3 is 5.97 Å². The summed E-state index contributed by atoms with van der Waals surface area (Å²) in [5, 5.41) is 19.4. The lowest BCUT2D eigenvalue weighted by atomic mass is 10.1. The molecule has 1 heterocycles. The monoisotopic (exact) mass is 299 g/mol. The predicted octanol–water partition coefficient (Wildman–Crippen LogP) is 3.96. The van der Waals surface area contributed by atoms with Gasteiger partial charge in [-0.05, 0) is 36.4 Å². The summed E-state index contributed by atoms with van der Waals surface area (Å²) in [5.74, 6) is -0.876. The highest BCUT2D eigenvalue weighted by atomic mass is 35.5. The van der Waals surface area contributed by atoms with Crippen molar-refractivity contribution >= 4 is 28.5 Å². The molecule has 0 bridgehead atoms. The lowest BCUT2D eigenvalue weighted by molar-refractivity contribution is 0.0697. The number of aromatic nitrogens is 1. The SMILES string of the molecule is O=C(O)c1ccc(-c2ccc3cc(O)ccc3n2)cc1Cl. The van der Waals surface area contributed by atoms with Gasteiger partial charge in [-0.25, -0.2) is 9.78 Å². The highest BCUT2D eigenvalue weighted by Crippen LogP contribution is 2.27. The van der Waals surface area contributed by atoms with Crippen molar-refractivity contribution in [3.8, 4) is 17.0 Å². The number of benzene rings is 2. The Morgan fingerprint density at radius 2 is 1.86 bits per heavy atom. The first-order chi connectivity index (χ1) is 10.0. The molecule has 3 aromatic rings. The molecule has 2 aromatic carbocycles. The van der Waals surface area contributed by atoms with Gasteiger partial charge in [0.2, 0.25) is 0 Å². The summed E-state index contributed by atoms with van der Waals surface area (Å²) in [7, 11) is 0. The summed E-state index contributed by atoms with van der Waals surface area (Å²) in [5.41, 5.74) is 2.22. The van der Waals surface area contributed by atoms with Gasteiger partial charge < -0.3 is 10.2 Å². The fraction of sp³-hybridized carbons (Fsp3) is 0. The predicted molar refractivity (Wildman–Crippen MR) is 80.8 cm³/mol. The molecule has 2 N–H and O–H groups in total. The third-order valence-electron chi connectivity index (χ3n) is 3.17. The number of carboxylic acids is 1. The number of aromatic hydroxyl groups is 1. The van der Waals surface area contributed by atoms with Gasteiger partial charge in [0.1, 0.15) is 5.75 Å². The molecular weight excluding hydrogens is 290 g/mol. The van der Waals surface area contributed by atoms with Gasteiger partial charge in [0, 0.05) is 10.9 Å². The van der Waals surface area contributed by atoms with E-state index in [2.05, 4.69) is 4.98 Å². The van der Waals surface area contributed by atoms with Crippen molar-refractivity contribution in [1.29, 1.82) is 0 Å². The van der Waals surface area contributed by atoms with Crippen molar-refractivity contribution in [2.75, 3.05) is 0 Å². The van der Waals surface area contributed by atoms with Crippen LogP contribution >= 0.6 is 11.6 Å². The molecule has 4 nitrogen and oxygen atoms in total. The number of phenols is 1. The van der Waals surface area contributed by atoms with E-state index in [0.717, 1.165) is 16.5 Å². The van der Waals surface area contributed by atoms with Gasteiger partial charge in [0.15, 0.2) is 0 Å². The summed E-state index contributed by atoms with van der Waals surface area (Å²) in [4.78, 5) is 15.4. The highest BCUT2D eigenvalue weighted by Gasteiger charge is 2.10. The Morgan fingerprint density at radius 3 is 2.57 bits per heavy atom. The van der Waals surface area contributed by atoms with E-state index in [1.54, 1.807) is 36.4 Å². The Morgan fingerprint density at radius 1 is 1.05 bits per heavy atom. The summed E-state index contributed by atoms with van der Waals surface area (Å²) in [6.07, 6.45) is 0. The van der Waals surface area contributed by atoms with Crippen LogP contribution < -0.4 is 0 Å². The molecule has 0 fully saturated rings. The van der Waals surface area contributed by atoms with Crippen molar-refractivity contribution in [2.45, 2.75) is 0 Å². The van der Waals surface area contributed by atoms with Crippen LogP contribution in [-0.2, 0) is 0 Å². The number of aromatic carboxylic acids is 1. The first kappa shape index (κ1) is 13.4. The molecule has 0 aliphatic carbocycles. The standard InChI is InChI=1S/C16H10ClNO3/c17-13-8-10(1-4-12(13)16(20)21)14-5-2-9-7-11(19)3-6-15(9)18-14/h1-8,19H,(H,20,21). The summed E-state index contributed by atoms with van der Waals surface area (Å²) in [6.45, 7) is 0. The quantitative estimate of drug-likeness (QED) is 0.751. The van der Waals surface area contributed by atoms with E-state index >= 15 is 0 Å². The third kappa shape index (κ3) is 2.53. The minimum absolute atomic E-state index is 0.0612. The second kappa shape index (κ2) is 5.07. The van der Waals surface area contributed by atoms with E-state index in [9.17, 15) is 9.90 Å². The van der Waals surface area contributed by atoms with Crippen LogP contribution in [-0.4, -0.2) is 21.2 Å². The number of hydrogen-bond donors (Lipinski definition) is 2. The first-order valence-corrected chi connectivity index (χ1v) is 6.55. The maximum atomic E-state index is 11.0. The second-order valence-corrected chi connectivity index (χ2v) is 4.98. The zero-order valence-electron chi connectivity index (χ0n) is 10.7. The average molecular weight is 300 g/mol. The van der Waals surface area contributed by atoms with Crippen molar-refractivity contribution < 1.29 is 15.0 Å². The van der Waals surface area contributed by atoms with E-state index in [1.807, 2.05) is 6.07 Å². The minimum atomic E-state index is -1.06. The van der Waals surface area contributed by atoms with Gasteiger partial charge in [-0.3, -0.25) is 0 Å². The number of carboxylic acid groups (broad SMARTS) is 1. The Balaban J connectivity index is 2.10. The second-order valence-electron chi connectivity index (χ2n) is 4.57. The van der Waals surface area contributed by atoms with Gasteiger partial charge in [-0.2, -0.15) is 0 Å². The van der Waals surface area contributed by atoms with Gasteiger partial charge in [-0.15, -0.1) is 0 Å². The number of hydrogen-bond acceptors (Lipinski definition) is 3. The molecular formula is C16H10ClNO3. The zero-order valence-corrected chi connectivity index (χ0v) is 11.5. The van der Waals surface area contributed by atoms with E-state index in [0.29, 0.717) is 5.69 Å². The van der Waals surface area contributed by atoms with Crippen LogP contribution in [0.4, 0.5) is 0 Å². The minimum Gasteiger partial charge on any atom is -0.508 e. The summed E-state index contributed by atoms with van der Waals surface area (Å²) >= 11 is 5.97. The fourth-order valence-corrected chi connectivity index (χ4v) is 2.38. The molecule has 0 saturated heterocycles. The lowest BCUT2D eigenvalue weighted by Gasteiger charge is -2.06. The molecule has 0 spiro atoms. The third-order valence-corrected chi connectivity index (χ3v) is 3.48. The molecule has 3 rings (SSSR count). The van der Waals surface area contributed by atoms with Crippen LogP contribution in [0.1, 0.15) is 10.4 Å². The number of nitrogens with zero attached hydrogens (tertiary/aromatic N) is 1. The van der Waals surface area contributed by atoms with Crippen LogP contribution in [0.15, 0.2) is 48.5 Å². The fourth-order valence-electron chi connectivity index (χ4n) is 2.12. The van der Waals surface area contributed by atoms with Crippen LogP contribution in [0.25, 0.3) is 22.2 Å². The van der Waals surface area contributed by atoms with Crippen LogP contribution in [0.3, 0.4) is 0 Å². The molecule has 0 radical (unpaired) electrons.